The second-order valence-corrected chi connectivity index (χ2v) is 5.73. The Morgan fingerprint density at radius 2 is 1.92 bits per heavy atom. The molecule has 0 fully saturated rings. The summed E-state index contributed by atoms with van der Waals surface area (Å²) < 4.78 is 18.3. The van der Waals surface area contributed by atoms with Gasteiger partial charge in [-0.3, -0.25) is 4.79 Å². The van der Waals surface area contributed by atoms with Gasteiger partial charge in [0.1, 0.15) is 29.7 Å². The summed E-state index contributed by atoms with van der Waals surface area (Å²) in [7, 11) is 1.81. The molecule has 0 saturated heterocycles. The van der Waals surface area contributed by atoms with Crippen molar-refractivity contribution in [3.8, 4) is 11.5 Å². The molecule has 3 rings (SSSR count). The molecule has 0 bridgehead atoms. The molecule has 3 aromatic rings. The van der Waals surface area contributed by atoms with Crippen LogP contribution in [0.4, 0.5) is 0 Å². The molecule has 1 aromatic carbocycles. The average Bonchev–Trinajstić information content (AvgIpc) is 2.61. The molecule has 0 radical (unpaired) electrons. The first-order valence-electron chi connectivity index (χ1n) is 8.41. The molecule has 6 heteroatoms. The van der Waals surface area contributed by atoms with Crippen LogP contribution in [0.5, 0.6) is 11.5 Å². The van der Waals surface area contributed by atoms with Gasteiger partial charge < -0.3 is 13.9 Å². The third-order valence-electron chi connectivity index (χ3n) is 3.85. The number of aromatic nitrogens is 1. The number of carbonyl (C=O) groups is 1. The first kappa shape index (κ1) is 17.7. The minimum absolute atomic E-state index is 0.0335. The summed E-state index contributed by atoms with van der Waals surface area (Å²) in [5, 5.41) is 0.554. The molecule has 0 spiro atoms. The fraction of sp³-hybridized carbons (Fsp3) is 0.250. The van der Waals surface area contributed by atoms with Crippen LogP contribution in [0.1, 0.15) is 29.8 Å². The maximum atomic E-state index is 12.8. The summed E-state index contributed by atoms with van der Waals surface area (Å²) in [4.78, 5) is 25.2. The van der Waals surface area contributed by atoms with Crippen molar-refractivity contribution in [1.29, 1.82) is 0 Å². The zero-order valence-electron chi connectivity index (χ0n) is 14.9. The van der Waals surface area contributed by atoms with E-state index in [1.54, 1.807) is 35.0 Å². The van der Waals surface area contributed by atoms with Gasteiger partial charge in [-0.05, 0) is 26.0 Å². The van der Waals surface area contributed by atoms with E-state index in [1.165, 1.54) is 6.07 Å². The van der Waals surface area contributed by atoms with Crippen molar-refractivity contribution < 1.29 is 23.3 Å². The monoisotopic (exact) mass is 354 g/mol. The first-order valence-corrected chi connectivity index (χ1v) is 8.41. The van der Waals surface area contributed by atoms with E-state index in [-0.39, 0.29) is 5.56 Å². The molecule has 0 aliphatic heterocycles. The molecule has 2 aromatic heterocycles. The van der Waals surface area contributed by atoms with E-state index >= 15 is 0 Å². The molecule has 134 valence electrons. The smallest absolute Gasteiger partial charge is 0.347 e. The van der Waals surface area contributed by atoms with E-state index in [9.17, 15) is 9.59 Å². The fourth-order valence-electron chi connectivity index (χ4n) is 2.72. The van der Waals surface area contributed by atoms with Gasteiger partial charge in [0.15, 0.2) is 12.4 Å². The van der Waals surface area contributed by atoms with Crippen LogP contribution in [0.25, 0.3) is 11.0 Å². The van der Waals surface area contributed by atoms with E-state index in [4.69, 9.17) is 13.9 Å². The average molecular weight is 354 g/mol. The Kier molecular flexibility index (Phi) is 5.02. The number of ether oxygens (including phenoxy) is 2. The summed E-state index contributed by atoms with van der Waals surface area (Å²) >= 11 is 0. The third kappa shape index (κ3) is 3.44. The van der Waals surface area contributed by atoms with Crippen LogP contribution in [0.15, 0.2) is 51.9 Å². The van der Waals surface area contributed by atoms with E-state index in [0.29, 0.717) is 41.2 Å². The number of rotatable bonds is 6. The van der Waals surface area contributed by atoms with Crippen LogP contribution in [-0.2, 0) is 7.05 Å². The Balaban J connectivity index is 2.17. The van der Waals surface area contributed by atoms with Gasteiger partial charge in [0, 0.05) is 18.2 Å². The van der Waals surface area contributed by atoms with Gasteiger partial charge in [-0.1, -0.05) is 0 Å². The number of fused-ring (bicyclic) bond motifs is 1. The summed E-state index contributed by atoms with van der Waals surface area (Å²) in [6.07, 6.45) is 3.47. The zero-order valence-corrected chi connectivity index (χ0v) is 14.9. The van der Waals surface area contributed by atoms with Gasteiger partial charge in [0.25, 0.3) is 0 Å². The van der Waals surface area contributed by atoms with Crippen molar-refractivity contribution in [3.05, 3.63) is 64.3 Å². The number of ketones is 1. The van der Waals surface area contributed by atoms with E-state index in [1.807, 2.05) is 27.1 Å². The molecule has 26 heavy (non-hydrogen) atoms. The number of hydrogen-bond acceptors (Lipinski definition) is 5. The van der Waals surface area contributed by atoms with Gasteiger partial charge in [-0.25, -0.2) is 9.36 Å². The minimum atomic E-state index is -0.690. The normalized spacial score (nSPS) is 10.7. The molecule has 0 N–H and O–H groups in total. The topological polar surface area (TPSA) is 69.6 Å². The largest absolute Gasteiger partial charge is 0.494 e. The molecule has 2 heterocycles. The molecule has 6 nitrogen and oxygen atoms in total. The van der Waals surface area contributed by atoms with Gasteiger partial charge >= 0.3 is 5.63 Å². The molecule has 0 unspecified atom stereocenters. The lowest BCUT2D eigenvalue weighted by Gasteiger charge is -2.11. The number of aryl methyl sites for hydroxylation is 1. The predicted molar refractivity (Wildman–Crippen MR) is 95.9 cm³/mol. The van der Waals surface area contributed by atoms with Crippen molar-refractivity contribution in [3.63, 3.8) is 0 Å². The number of nitrogens with zero attached hydrogens (tertiary/aromatic N) is 1. The zero-order chi connectivity index (χ0) is 18.7. The minimum Gasteiger partial charge on any atom is -0.494 e. The van der Waals surface area contributed by atoms with Crippen LogP contribution in [0, 0.1) is 0 Å². The highest BCUT2D eigenvalue weighted by Crippen LogP contribution is 2.31. The second-order valence-electron chi connectivity index (χ2n) is 5.73. The Hall–Kier alpha value is -3.15. The summed E-state index contributed by atoms with van der Waals surface area (Å²) in [6, 6.07) is 8.28. The molecular weight excluding hydrogens is 334 g/mol. The Morgan fingerprint density at radius 3 is 2.62 bits per heavy atom. The highest BCUT2D eigenvalue weighted by molar-refractivity contribution is 6.09. The van der Waals surface area contributed by atoms with Gasteiger partial charge in [-0.15, -0.1) is 0 Å². The molecular formula is C20H20NO5+. The van der Waals surface area contributed by atoms with Gasteiger partial charge in [0.05, 0.1) is 24.2 Å². The lowest BCUT2D eigenvalue weighted by atomic mass is 10.0. The van der Waals surface area contributed by atoms with Crippen molar-refractivity contribution in [2.75, 3.05) is 13.2 Å². The molecule has 0 aliphatic carbocycles. The SMILES string of the molecule is CCOc1cc(OCC)c2cc(C(=O)c3ccc[n+](C)c3)c(=O)oc2c1. The van der Waals surface area contributed by atoms with Gasteiger partial charge in [0.2, 0.25) is 5.78 Å². The molecule has 0 aliphatic rings. The van der Waals surface area contributed by atoms with Crippen molar-refractivity contribution in [1.82, 2.24) is 0 Å². The van der Waals surface area contributed by atoms with Crippen LogP contribution >= 0.6 is 0 Å². The highest BCUT2D eigenvalue weighted by Gasteiger charge is 2.20. The van der Waals surface area contributed by atoms with Crippen LogP contribution in [0.3, 0.4) is 0 Å². The quantitative estimate of drug-likeness (QED) is 0.387. The first-order chi connectivity index (χ1) is 12.5. The lowest BCUT2D eigenvalue weighted by molar-refractivity contribution is -0.671. The summed E-state index contributed by atoms with van der Waals surface area (Å²) in [5.74, 6) is 0.652. The summed E-state index contributed by atoms with van der Waals surface area (Å²) in [5.41, 5.74) is 0.00373. The lowest BCUT2D eigenvalue weighted by Crippen LogP contribution is -2.28. The van der Waals surface area contributed by atoms with Crippen LogP contribution in [-0.4, -0.2) is 19.0 Å². The van der Waals surface area contributed by atoms with E-state index in [0.717, 1.165) is 0 Å². The Bertz CT molecular complexity index is 1020. The fourth-order valence-corrected chi connectivity index (χ4v) is 2.72. The second kappa shape index (κ2) is 7.39. The Labute approximate surface area is 150 Å². The maximum Gasteiger partial charge on any atom is 0.347 e. The van der Waals surface area contributed by atoms with Crippen LogP contribution in [0.2, 0.25) is 0 Å². The van der Waals surface area contributed by atoms with Crippen molar-refractivity contribution >= 4 is 16.8 Å². The molecule has 0 saturated carbocycles. The van der Waals surface area contributed by atoms with E-state index < -0.39 is 11.4 Å². The predicted octanol–water partition coefficient (Wildman–Crippen LogP) is 2.65. The van der Waals surface area contributed by atoms with Crippen molar-refractivity contribution in [2.24, 2.45) is 7.05 Å². The number of pyridine rings is 1. The van der Waals surface area contributed by atoms with E-state index in [2.05, 4.69) is 0 Å². The van der Waals surface area contributed by atoms with Crippen molar-refractivity contribution in [2.45, 2.75) is 13.8 Å². The highest BCUT2D eigenvalue weighted by atomic mass is 16.5. The van der Waals surface area contributed by atoms with Crippen LogP contribution < -0.4 is 19.7 Å². The number of carbonyl (C=O) groups excluding carboxylic acids is 1. The molecule has 0 amide bonds. The summed E-state index contributed by atoms with van der Waals surface area (Å²) in [6.45, 7) is 4.63. The number of benzene rings is 1. The third-order valence-corrected chi connectivity index (χ3v) is 3.85. The maximum absolute atomic E-state index is 12.8. The Morgan fingerprint density at radius 1 is 1.15 bits per heavy atom. The molecule has 0 atom stereocenters. The van der Waals surface area contributed by atoms with Gasteiger partial charge in [-0.2, -0.15) is 0 Å². The standard InChI is InChI=1S/C20H20NO5/c1-4-24-14-9-17(25-5-2)15-11-16(20(23)26-18(15)10-14)19(22)13-7-6-8-21(3)12-13/h6-12H,4-5H2,1-3H3/q+1. The number of hydrogen-bond donors (Lipinski definition) is 0.